The molecule has 0 saturated carbocycles. The summed E-state index contributed by atoms with van der Waals surface area (Å²) in [4.78, 5) is 24.9. The first-order valence-corrected chi connectivity index (χ1v) is 16.0. The Balaban J connectivity index is 2.33. The van der Waals surface area contributed by atoms with Gasteiger partial charge in [0.25, 0.3) is 0 Å². The van der Waals surface area contributed by atoms with Crippen molar-refractivity contribution in [1.82, 2.24) is 0 Å². The summed E-state index contributed by atoms with van der Waals surface area (Å²) in [6.45, 7) is 0.691. The molecule has 17 heavy (non-hydrogen) atoms. The number of esters is 2. The van der Waals surface area contributed by atoms with E-state index < -0.39 is 18.4 Å². The molecule has 0 atom stereocenters. The Morgan fingerprint density at radius 1 is 1.12 bits per heavy atom. The molecule has 4 nitrogen and oxygen atoms in total. The van der Waals surface area contributed by atoms with Gasteiger partial charge in [0.1, 0.15) is 0 Å². The van der Waals surface area contributed by atoms with Crippen LogP contribution in [0.4, 0.5) is 0 Å². The summed E-state index contributed by atoms with van der Waals surface area (Å²) in [5.41, 5.74) is 0. The van der Waals surface area contributed by atoms with Crippen molar-refractivity contribution in [2.45, 2.75) is 15.8 Å². The summed E-state index contributed by atoms with van der Waals surface area (Å²) < 4.78 is 11.2. The Morgan fingerprint density at radius 3 is 2.47 bits per heavy atom. The minimum absolute atomic E-state index is 0.133. The topological polar surface area (TPSA) is 52.6 Å². The van der Waals surface area contributed by atoms with Crippen LogP contribution < -0.4 is 0 Å². The van der Waals surface area contributed by atoms with Crippen molar-refractivity contribution in [1.29, 1.82) is 0 Å². The molecule has 0 unspecified atom stereocenters. The predicted molar refractivity (Wildman–Crippen MR) is 72.7 cm³/mol. The molecule has 0 aromatic carbocycles. The third kappa shape index (κ3) is 8.20. The van der Waals surface area contributed by atoms with Crippen LogP contribution in [0.1, 0.15) is 6.42 Å². The van der Waals surface area contributed by atoms with E-state index in [1.165, 1.54) is 4.44 Å². The molecule has 1 fully saturated rings. The Hall–Kier alpha value is 0.439. The average molecular weight is 384 g/mol. The zero-order valence-electron chi connectivity index (χ0n) is 9.90. The minimum atomic E-state index is -1.44. The van der Waals surface area contributed by atoms with Gasteiger partial charge in [-0.3, -0.25) is 0 Å². The van der Waals surface area contributed by atoms with E-state index in [0.29, 0.717) is 31.1 Å². The molecule has 0 aromatic heterocycles. The molecule has 0 spiro atoms. The summed E-state index contributed by atoms with van der Waals surface area (Å²) in [7, 11) is 1.80. The third-order valence-electron chi connectivity index (χ3n) is 2.07. The number of ether oxygens (including phenoxy) is 2. The summed E-state index contributed by atoms with van der Waals surface area (Å²) in [5.74, 6) is 1.65. The summed E-state index contributed by atoms with van der Waals surface area (Å²) in [5, 5.41) is 0. The molecule has 0 amide bonds. The summed E-state index contributed by atoms with van der Waals surface area (Å²) >= 11 is 0.200. The van der Waals surface area contributed by atoms with Gasteiger partial charge in [0, 0.05) is 0 Å². The van der Waals surface area contributed by atoms with E-state index in [1.807, 2.05) is 0 Å². The number of hydrogen-bond acceptors (Lipinski definition) is 6. The molecule has 0 aromatic rings. The molecule has 1 radical (unpaired) electrons. The van der Waals surface area contributed by atoms with Crippen LogP contribution in [-0.4, -0.2) is 60.8 Å². The van der Waals surface area contributed by atoms with E-state index in [-0.39, 0.29) is 11.9 Å². The van der Waals surface area contributed by atoms with Crippen LogP contribution >= 0.6 is 20.7 Å². The van der Waals surface area contributed by atoms with Gasteiger partial charge in [0.15, 0.2) is 0 Å². The van der Waals surface area contributed by atoms with Crippen LogP contribution in [0.25, 0.3) is 0 Å². The molecule has 1 heterocycles. The number of hydrogen-bond donors (Lipinski definition) is 0. The van der Waals surface area contributed by atoms with Gasteiger partial charge in [0.2, 0.25) is 0 Å². The van der Waals surface area contributed by atoms with Crippen LogP contribution in [0.2, 0.25) is 9.38 Å². The van der Waals surface area contributed by atoms with Crippen molar-refractivity contribution in [3.8, 4) is 0 Å². The van der Waals surface area contributed by atoms with E-state index in [9.17, 15) is 9.59 Å². The first-order valence-electron chi connectivity index (χ1n) is 5.52. The van der Waals surface area contributed by atoms with E-state index in [4.69, 9.17) is 9.47 Å². The monoisotopic (exact) mass is 385 g/mol. The zero-order chi connectivity index (χ0) is 12.5. The summed E-state index contributed by atoms with van der Waals surface area (Å²) in [6, 6.07) is 0. The Kier molecular flexibility index (Phi) is 8.55. The van der Waals surface area contributed by atoms with E-state index in [0.717, 1.165) is 5.75 Å². The van der Waals surface area contributed by atoms with E-state index in [2.05, 4.69) is 4.94 Å². The van der Waals surface area contributed by atoms with Gasteiger partial charge in [-0.15, -0.1) is 0 Å². The second kappa shape index (κ2) is 9.38. The van der Waals surface area contributed by atoms with Gasteiger partial charge in [0.05, 0.1) is 0 Å². The molecule has 0 aliphatic carbocycles. The van der Waals surface area contributed by atoms with Crippen LogP contribution in [0.3, 0.4) is 0 Å². The molecular formula is C10H17O4S2Sn. The van der Waals surface area contributed by atoms with Crippen molar-refractivity contribution < 1.29 is 19.1 Å². The molecule has 7 heteroatoms. The Bertz CT molecular complexity index is 263. The fraction of sp³-hybridized carbons (Fsp3) is 0.800. The summed E-state index contributed by atoms with van der Waals surface area (Å²) in [6.07, 6.45) is 0.588. The molecule has 0 N–H and O–H groups in total. The number of thioether (sulfide) groups is 1. The maximum absolute atomic E-state index is 11.3. The Labute approximate surface area is 116 Å². The molecule has 97 valence electrons. The van der Waals surface area contributed by atoms with Gasteiger partial charge >= 0.3 is 116 Å². The van der Waals surface area contributed by atoms with Crippen molar-refractivity contribution >= 4 is 51.0 Å². The van der Waals surface area contributed by atoms with Crippen LogP contribution in [0, 0.1) is 0 Å². The van der Waals surface area contributed by atoms with Crippen molar-refractivity contribution in [3.05, 3.63) is 0 Å². The normalized spacial score (nSPS) is 22.4. The third-order valence-corrected chi connectivity index (χ3v) is 14.5. The number of cyclic esters (lactones) is 2. The average Bonchev–Trinajstić information content (AvgIpc) is 2.31. The molecule has 1 aliphatic heterocycles. The second-order valence-corrected chi connectivity index (χ2v) is 17.9. The SMILES string of the molecule is [CH3][Sn]1[CH2]CSCC(=O)OCCCOC(=O)C[S]1. The van der Waals surface area contributed by atoms with Gasteiger partial charge in [-0.25, -0.2) is 0 Å². The van der Waals surface area contributed by atoms with E-state index in [1.54, 1.807) is 20.7 Å². The van der Waals surface area contributed by atoms with Gasteiger partial charge < -0.3 is 0 Å². The molecular weight excluding hydrogens is 367 g/mol. The first-order chi connectivity index (χ1) is 8.18. The van der Waals surface area contributed by atoms with Gasteiger partial charge in [-0.05, 0) is 0 Å². The van der Waals surface area contributed by atoms with Gasteiger partial charge in [-0.1, -0.05) is 0 Å². The first kappa shape index (κ1) is 15.5. The fourth-order valence-electron chi connectivity index (χ4n) is 1.14. The van der Waals surface area contributed by atoms with Crippen molar-refractivity contribution in [2.24, 2.45) is 0 Å². The van der Waals surface area contributed by atoms with Gasteiger partial charge in [-0.2, -0.15) is 0 Å². The number of carbonyl (C=O) groups is 2. The van der Waals surface area contributed by atoms with Crippen LogP contribution in [-0.2, 0) is 19.1 Å². The molecule has 0 bridgehead atoms. The van der Waals surface area contributed by atoms with E-state index >= 15 is 0 Å². The molecule has 1 saturated heterocycles. The number of rotatable bonds is 0. The van der Waals surface area contributed by atoms with Crippen LogP contribution in [0.15, 0.2) is 0 Å². The predicted octanol–water partition coefficient (Wildman–Crippen LogP) is 1.56. The Morgan fingerprint density at radius 2 is 1.76 bits per heavy atom. The second-order valence-electron chi connectivity index (χ2n) is 3.59. The fourth-order valence-corrected chi connectivity index (χ4v) is 12.3. The van der Waals surface area contributed by atoms with Crippen LogP contribution in [0.5, 0.6) is 0 Å². The molecule has 1 rings (SSSR count). The number of carbonyl (C=O) groups excluding carboxylic acids is 2. The molecule has 1 aliphatic rings. The zero-order valence-corrected chi connectivity index (χ0v) is 14.4. The van der Waals surface area contributed by atoms with Crippen molar-refractivity contribution in [3.63, 3.8) is 0 Å². The van der Waals surface area contributed by atoms with Crippen molar-refractivity contribution in [2.75, 3.05) is 30.5 Å². The quantitative estimate of drug-likeness (QED) is 0.467. The standard InChI is InChI=1S/C9H15O4S2.CH3.Sn/c1-2-15-7-9(11)13-5-3-4-12-8(10)6-14;;/h14H,1-7H2;1H3;/q;;+1/p-1. The maximum atomic E-state index is 11.3.